The van der Waals surface area contributed by atoms with Gasteiger partial charge in [-0.05, 0) is 44.0 Å². The highest BCUT2D eigenvalue weighted by atomic mass is 79.9. The van der Waals surface area contributed by atoms with Crippen LogP contribution in [0.4, 0.5) is 5.69 Å². The molecule has 1 aromatic heterocycles. The molecule has 10 nitrogen and oxygen atoms in total. The van der Waals surface area contributed by atoms with Crippen molar-refractivity contribution in [2.24, 2.45) is 5.10 Å². The zero-order chi connectivity index (χ0) is 25.7. The predicted octanol–water partition coefficient (Wildman–Crippen LogP) is 4.94. The van der Waals surface area contributed by atoms with E-state index in [1.165, 1.54) is 23.0 Å². The van der Waals surface area contributed by atoms with Crippen molar-refractivity contribution in [2.75, 3.05) is 13.2 Å². The summed E-state index contributed by atoms with van der Waals surface area (Å²) in [5.41, 5.74) is 0.162. The number of nitrogens with zero attached hydrogens (tertiary/aromatic N) is 4. The number of hydrogen-bond donors (Lipinski definition) is 0. The Kier molecular flexibility index (Phi) is 8.09. The Hall–Kier alpha value is -3.60. The lowest BCUT2D eigenvalue weighted by molar-refractivity contribution is -0.385. The zero-order valence-electron chi connectivity index (χ0n) is 19.7. The molecule has 2 aromatic carbocycles. The van der Waals surface area contributed by atoms with E-state index in [9.17, 15) is 19.7 Å². The summed E-state index contributed by atoms with van der Waals surface area (Å²) in [4.78, 5) is 41.1. The Balaban J connectivity index is 1.80. The van der Waals surface area contributed by atoms with E-state index in [1.807, 2.05) is 6.07 Å². The number of fused-ring (bicyclic) bond motifs is 1. The molecule has 11 heteroatoms. The summed E-state index contributed by atoms with van der Waals surface area (Å²) < 4.78 is 12.4. The summed E-state index contributed by atoms with van der Waals surface area (Å²) >= 11 is 3.40. The van der Waals surface area contributed by atoms with E-state index in [-0.39, 0.29) is 35.1 Å². The van der Waals surface area contributed by atoms with Crippen LogP contribution in [0.1, 0.15) is 56.3 Å². The first-order chi connectivity index (χ1) is 17.4. The second-order valence-electron chi connectivity index (χ2n) is 8.37. The number of carbonyl (C=O) groups excluding carboxylic acids is 1. The Morgan fingerprint density at radius 3 is 2.78 bits per heavy atom. The average molecular weight is 557 g/mol. The number of rotatable bonds is 8. The van der Waals surface area contributed by atoms with Gasteiger partial charge in [0.05, 0.1) is 28.6 Å². The number of esters is 1. The van der Waals surface area contributed by atoms with Crippen molar-refractivity contribution < 1.29 is 19.2 Å². The van der Waals surface area contributed by atoms with Gasteiger partial charge in [-0.15, -0.1) is 0 Å². The molecule has 0 N–H and O–H groups in total. The third-order valence-corrected chi connectivity index (χ3v) is 6.47. The molecule has 188 valence electrons. The topological polar surface area (TPSA) is 126 Å². The Bertz CT molecular complexity index is 1380. The van der Waals surface area contributed by atoms with Gasteiger partial charge in [0.25, 0.3) is 5.56 Å². The molecule has 0 aliphatic heterocycles. The van der Waals surface area contributed by atoms with E-state index in [0.29, 0.717) is 16.7 Å². The number of ether oxygens (including phenoxy) is 2. The quantitative estimate of drug-likeness (QED) is 0.166. The van der Waals surface area contributed by atoms with Gasteiger partial charge in [-0.3, -0.25) is 14.9 Å². The highest BCUT2D eigenvalue weighted by molar-refractivity contribution is 9.10. The SMILES string of the molecule is CCOC(=O)COc1c(C=Nn2c(C3CCCCC3)nc3ccc(Br)cc3c2=O)cccc1[N+](=O)[O-]. The fourth-order valence-electron chi connectivity index (χ4n) is 4.30. The van der Waals surface area contributed by atoms with Crippen LogP contribution in [0.3, 0.4) is 0 Å². The van der Waals surface area contributed by atoms with Crippen LogP contribution >= 0.6 is 15.9 Å². The van der Waals surface area contributed by atoms with Gasteiger partial charge >= 0.3 is 11.7 Å². The summed E-state index contributed by atoms with van der Waals surface area (Å²) in [5, 5.41) is 16.4. The van der Waals surface area contributed by atoms with Gasteiger partial charge in [-0.1, -0.05) is 41.3 Å². The average Bonchev–Trinajstić information content (AvgIpc) is 2.88. The van der Waals surface area contributed by atoms with Gasteiger partial charge in [0, 0.05) is 22.0 Å². The highest BCUT2D eigenvalue weighted by Crippen LogP contribution is 2.33. The number of para-hydroxylation sites is 1. The molecule has 1 heterocycles. The lowest BCUT2D eigenvalue weighted by Gasteiger charge is -2.22. The summed E-state index contributed by atoms with van der Waals surface area (Å²) in [5.74, 6) is -0.159. The van der Waals surface area contributed by atoms with Crippen LogP contribution in [0, 0.1) is 10.1 Å². The first-order valence-electron chi connectivity index (χ1n) is 11.7. The van der Waals surface area contributed by atoms with E-state index in [0.717, 1.165) is 36.6 Å². The number of halogens is 1. The lowest BCUT2D eigenvalue weighted by Crippen LogP contribution is -2.25. The first-order valence-corrected chi connectivity index (χ1v) is 12.5. The molecule has 1 aliphatic rings. The minimum absolute atomic E-state index is 0.0706. The molecule has 0 radical (unpaired) electrons. The van der Waals surface area contributed by atoms with Crippen molar-refractivity contribution >= 4 is 44.7 Å². The van der Waals surface area contributed by atoms with Gasteiger partial charge in [0.2, 0.25) is 5.75 Å². The standard InChI is InChI=1S/C25H25BrN4O6/c1-2-35-22(31)15-36-23-17(9-6-10-21(23)30(33)34)14-27-29-24(16-7-4-3-5-8-16)28-20-12-11-18(26)13-19(20)25(29)32/h6,9-14,16H,2-5,7-8,15H2,1H3. The molecule has 0 spiro atoms. The van der Waals surface area contributed by atoms with Crippen LogP contribution in [0.15, 0.2) is 50.8 Å². The number of nitro benzene ring substituents is 1. The summed E-state index contributed by atoms with van der Waals surface area (Å²) in [7, 11) is 0. The van der Waals surface area contributed by atoms with Gasteiger partial charge in [-0.25, -0.2) is 9.78 Å². The summed E-state index contributed by atoms with van der Waals surface area (Å²) in [6.07, 6.45) is 6.34. The maximum Gasteiger partial charge on any atom is 0.344 e. The number of aromatic nitrogens is 2. The van der Waals surface area contributed by atoms with Gasteiger partial charge < -0.3 is 9.47 Å². The fourth-order valence-corrected chi connectivity index (χ4v) is 4.66. The van der Waals surface area contributed by atoms with Crippen molar-refractivity contribution in [3.63, 3.8) is 0 Å². The second-order valence-corrected chi connectivity index (χ2v) is 9.29. The van der Waals surface area contributed by atoms with Crippen LogP contribution in [-0.4, -0.2) is 40.0 Å². The van der Waals surface area contributed by atoms with Crippen molar-refractivity contribution in [1.82, 2.24) is 9.66 Å². The number of benzene rings is 2. The summed E-state index contributed by atoms with van der Waals surface area (Å²) in [6, 6.07) is 9.65. The molecule has 1 aliphatic carbocycles. The van der Waals surface area contributed by atoms with Crippen molar-refractivity contribution in [2.45, 2.75) is 44.9 Å². The Labute approximate surface area is 215 Å². The second kappa shape index (κ2) is 11.4. The van der Waals surface area contributed by atoms with E-state index >= 15 is 0 Å². The number of carbonyl (C=O) groups is 1. The van der Waals surface area contributed by atoms with E-state index in [2.05, 4.69) is 21.0 Å². The molecule has 1 saturated carbocycles. The molecule has 0 amide bonds. The molecular formula is C25H25BrN4O6. The van der Waals surface area contributed by atoms with Crippen LogP contribution in [0.5, 0.6) is 5.75 Å². The highest BCUT2D eigenvalue weighted by Gasteiger charge is 2.23. The normalized spacial score (nSPS) is 14.3. The van der Waals surface area contributed by atoms with Crippen molar-refractivity contribution in [3.8, 4) is 5.75 Å². The molecule has 0 unspecified atom stereocenters. The molecule has 0 bridgehead atoms. The third-order valence-electron chi connectivity index (χ3n) is 5.98. The Morgan fingerprint density at radius 2 is 2.06 bits per heavy atom. The predicted molar refractivity (Wildman–Crippen MR) is 138 cm³/mol. The monoisotopic (exact) mass is 556 g/mol. The maximum absolute atomic E-state index is 13.5. The van der Waals surface area contributed by atoms with Crippen LogP contribution < -0.4 is 10.3 Å². The van der Waals surface area contributed by atoms with Crippen LogP contribution in [0.2, 0.25) is 0 Å². The molecule has 0 saturated heterocycles. The first kappa shape index (κ1) is 25.5. The maximum atomic E-state index is 13.5. The summed E-state index contributed by atoms with van der Waals surface area (Å²) in [6.45, 7) is 1.31. The van der Waals surface area contributed by atoms with Crippen molar-refractivity contribution in [3.05, 3.63) is 72.7 Å². The molecule has 0 atom stereocenters. The zero-order valence-corrected chi connectivity index (χ0v) is 21.3. The molecule has 3 aromatic rings. The van der Waals surface area contributed by atoms with Gasteiger partial charge in [-0.2, -0.15) is 9.78 Å². The van der Waals surface area contributed by atoms with Crippen LogP contribution in [0.25, 0.3) is 10.9 Å². The lowest BCUT2D eigenvalue weighted by atomic mass is 9.88. The van der Waals surface area contributed by atoms with Crippen LogP contribution in [-0.2, 0) is 9.53 Å². The van der Waals surface area contributed by atoms with E-state index < -0.39 is 17.5 Å². The molecular weight excluding hydrogens is 532 g/mol. The minimum atomic E-state index is -0.654. The smallest absolute Gasteiger partial charge is 0.344 e. The molecule has 36 heavy (non-hydrogen) atoms. The van der Waals surface area contributed by atoms with Gasteiger partial charge in [0.15, 0.2) is 6.61 Å². The molecule has 4 rings (SSSR count). The minimum Gasteiger partial charge on any atom is -0.474 e. The number of hydrogen-bond acceptors (Lipinski definition) is 8. The van der Waals surface area contributed by atoms with E-state index in [4.69, 9.17) is 14.5 Å². The Morgan fingerprint density at radius 1 is 1.28 bits per heavy atom. The fraction of sp³-hybridized carbons (Fsp3) is 0.360. The van der Waals surface area contributed by atoms with E-state index in [1.54, 1.807) is 25.1 Å². The van der Waals surface area contributed by atoms with Crippen molar-refractivity contribution in [1.29, 1.82) is 0 Å². The van der Waals surface area contributed by atoms with Gasteiger partial charge in [0.1, 0.15) is 5.82 Å². The third kappa shape index (κ3) is 5.62. The number of nitro groups is 1. The molecule has 1 fully saturated rings. The largest absolute Gasteiger partial charge is 0.474 e.